The van der Waals surface area contributed by atoms with Crippen LogP contribution in [0.1, 0.15) is 110 Å². The van der Waals surface area contributed by atoms with Crippen LogP contribution in [0, 0.1) is 0 Å². The summed E-state index contributed by atoms with van der Waals surface area (Å²) in [5.41, 5.74) is 0. The normalized spacial score (nSPS) is 15.5. The van der Waals surface area contributed by atoms with Gasteiger partial charge < -0.3 is 28.8 Å². The molecule has 0 aliphatic carbocycles. The van der Waals surface area contributed by atoms with Crippen molar-refractivity contribution in [3.63, 3.8) is 0 Å². The van der Waals surface area contributed by atoms with Gasteiger partial charge in [-0.05, 0) is 38.5 Å². The molecule has 37 heavy (non-hydrogen) atoms. The maximum Gasteiger partial charge on any atom is 0.268 e. The van der Waals surface area contributed by atoms with Gasteiger partial charge in [-0.25, -0.2) is 0 Å². The Hall–Kier alpha value is -0.760. The summed E-state index contributed by atoms with van der Waals surface area (Å²) in [7, 11) is 1.29. The van der Waals surface area contributed by atoms with Crippen molar-refractivity contribution in [1.29, 1.82) is 0 Å². The highest BCUT2D eigenvalue weighted by atomic mass is 31.2. The van der Waals surface area contributed by atoms with Crippen LogP contribution < -0.4 is 10.2 Å². The number of carbonyl (C=O) groups is 1. The van der Waals surface area contributed by atoms with Crippen molar-refractivity contribution < 1.29 is 32.9 Å². The number of amides is 1. The highest BCUT2D eigenvalue weighted by Crippen LogP contribution is 2.38. The molecule has 0 aromatic carbocycles. The van der Waals surface area contributed by atoms with Crippen LogP contribution in [0.15, 0.2) is 12.2 Å². The average Bonchev–Trinajstić information content (AvgIpc) is 2.81. The van der Waals surface area contributed by atoms with E-state index in [4.69, 9.17) is 9.05 Å². The molecule has 220 valence electrons. The summed E-state index contributed by atoms with van der Waals surface area (Å²) in [6.45, 7) is 4.47. The molecule has 2 N–H and O–H groups in total. The van der Waals surface area contributed by atoms with Crippen LogP contribution in [0.4, 0.5) is 0 Å². The fraction of sp³-hybridized carbons (Fsp3) is 0.893. The Morgan fingerprint density at radius 3 is 2.11 bits per heavy atom. The molecule has 0 radical (unpaired) electrons. The van der Waals surface area contributed by atoms with Gasteiger partial charge >= 0.3 is 0 Å². The van der Waals surface area contributed by atoms with Crippen molar-refractivity contribution in [3.8, 4) is 0 Å². The number of phosphoric ester groups is 1. The number of hydrogen-bond donors (Lipinski definition) is 2. The molecule has 0 spiro atoms. The van der Waals surface area contributed by atoms with Gasteiger partial charge in [-0.15, -0.1) is 0 Å². The number of aliphatic hydroxyl groups is 1. The van der Waals surface area contributed by atoms with Gasteiger partial charge in [0.2, 0.25) is 5.91 Å². The first-order valence-electron chi connectivity index (χ1n) is 14.5. The second kappa shape index (κ2) is 22.1. The summed E-state index contributed by atoms with van der Waals surface area (Å²) in [4.78, 5) is 24.7. The van der Waals surface area contributed by atoms with Crippen molar-refractivity contribution in [1.82, 2.24) is 5.32 Å². The molecule has 8 nitrogen and oxygen atoms in total. The molecule has 0 fully saturated rings. The maximum absolute atomic E-state index is 12.5. The lowest BCUT2D eigenvalue weighted by Gasteiger charge is -2.30. The number of nitrogens with zero attached hydrogens (tertiary/aromatic N) is 1. The smallest absolute Gasteiger partial charge is 0.268 e. The molecule has 0 heterocycles. The number of rotatable bonds is 25. The van der Waals surface area contributed by atoms with E-state index in [-0.39, 0.29) is 19.1 Å². The molecule has 0 aromatic rings. The highest BCUT2D eigenvalue weighted by molar-refractivity contribution is 7.45. The van der Waals surface area contributed by atoms with Gasteiger partial charge in [0.15, 0.2) is 0 Å². The third-order valence-electron chi connectivity index (χ3n) is 6.25. The summed E-state index contributed by atoms with van der Waals surface area (Å²) in [5.74, 6) is -0.190. The van der Waals surface area contributed by atoms with E-state index in [2.05, 4.69) is 31.3 Å². The van der Waals surface area contributed by atoms with Crippen molar-refractivity contribution in [3.05, 3.63) is 12.2 Å². The lowest BCUT2D eigenvalue weighted by Crippen LogP contribution is -2.46. The third-order valence-corrected chi connectivity index (χ3v) is 7.22. The topological polar surface area (TPSA) is 108 Å². The summed E-state index contributed by atoms with van der Waals surface area (Å²) in [6.07, 6.45) is 18.6. The Kier molecular flexibility index (Phi) is 21.6. The Morgan fingerprint density at radius 2 is 1.49 bits per heavy atom. The summed E-state index contributed by atoms with van der Waals surface area (Å²) < 4.78 is 22.7. The van der Waals surface area contributed by atoms with E-state index in [1.54, 1.807) is 0 Å². The van der Waals surface area contributed by atoms with Crippen LogP contribution in [0.3, 0.4) is 0 Å². The number of carbonyl (C=O) groups excluding carboxylic acids is 1. The van der Waals surface area contributed by atoms with E-state index in [0.29, 0.717) is 23.9 Å². The predicted molar refractivity (Wildman–Crippen MR) is 150 cm³/mol. The van der Waals surface area contributed by atoms with Crippen LogP contribution in [0.25, 0.3) is 0 Å². The Morgan fingerprint density at radius 1 is 0.919 bits per heavy atom. The molecule has 0 rings (SSSR count). The third kappa shape index (κ3) is 24.0. The van der Waals surface area contributed by atoms with Gasteiger partial charge in [0.1, 0.15) is 13.2 Å². The Labute approximate surface area is 227 Å². The number of allylic oxidation sites excluding steroid dienone is 2. The largest absolute Gasteiger partial charge is 0.756 e. The zero-order valence-corrected chi connectivity index (χ0v) is 25.3. The number of quaternary nitrogens is 1. The second-order valence-corrected chi connectivity index (χ2v) is 12.5. The zero-order valence-electron chi connectivity index (χ0n) is 24.4. The van der Waals surface area contributed by atoms with Gasteiger partial charge in [0, 0.05) is 6.42 Å². The SMILES string of the molecule is CCCCC/C=C\CCCCCCCC(=O)NC(COP(=O)([O-])OCC[N+](C)(C)C)C(O)CCCCC. The highest BCUT2D eigenvalue weighted by Gasteiger charge is 2.24. The first-order valence-corrected chi connectivity index (χ1v) is 16.0. The van der Waals surface area contributed by atoms with Gasteiger partial charge in [-0.1, -0.05) is 77.4 Å². The van der Waals surface area contributed by atoms with Crippen LogP contribution in [0.5, 0.6) is 0 Å². The number of unbranched alkanes of at least 4 members (excludes halogenated alkanes) is 10. The molecular weight excluding hydrogens is 491 g/mol. The summed E-state index contributed by atoms with van der Waals surface area (Å²) in [6, 6.07) is -0.794. The molecule has 3 atom stereocenters. The zero-order chi connectivity index (χ0) is 28.0. The average molecular weight is 549 g/mol. The van der Waals surface area contributed by atoms with Crippen molar-refractivity contribution in [2.45, 2.75) is 122 Å². The minimum absolute atomic E-state index is 0.00953. The van der Waals surface area contributed by atoms with E-state index >= 15 is 0 Å². The fourth-order valence-corrected chi connectivity index (χ4v) is 4.52. The van der Waals surface area contributed by atoms with Crippen LogP contribution in [-0.2, 0) is 18.4 Å². The Bertz CT molecular complexity index is 639. The molecule has 1 amide bonds. The van der Waals surface area contributed by atoms with E-state index in [0.717, 1.165) is 51.4 Å². The molecule has 3 unspecified atom stereocenters. The molecular formula is C28H57N2O6P. The maximum atomic E-state index is 12.5. The first kappa shape index (κ1) is 36.2. The van der Waals surface area contributed by atoms with E-state index in [1.807, 2.05) is 21.1 Å². The standard InChI is InChI=1S/C28H57N2O6P/c1-6-8-10-11-12-13-14-15-16-17-18-20-22-28(32)29-26(27(31)21-19-9-7-2)25-36-37(33,34)35-24-23-30(3,4)5/h12-13,26-27,31H,6-11,14-25H2,1-5H3,(H-,29,32,33,34)/b13-12-. The van der Waals surface area contributed by atoms with Gasteiger partial charge in [-0.2, -0.15) is 0 Å². The quantitative estimate of drug-likeness (QED) is 0.0676. The van der Waals surface area contributed by atoms with Crippen LogP contribution >= 0.6 is 7.82 Å². The van der Waals surface area contributed by atoms with Crippen molar-refractivity contribution >= 4 is 13.7 Å². The molecule has 0 aliphatic heterocycles. The summed E-state index contributed by atoms with van der Waals surface area (Å²) in [5, 5.41) is 13.4. The molecule has 0 saturated heterocycles. The second-order valence-electron chi connectivity index (χ2n) is 11.1. The minimum Gasteiger partial charge on any atom is -0.756 e. The van der Waals surface area contributed by atoms with Gasteiger partial charge in [0.05, 0.1) is 39.9 Å². The number of likely N-dealkylation sites (N-methyl/N-ethyl adjacent to an activating group) is 1. The number of nitrogens with one attached hydrogen (secondary N) is 1. The molecule has 0 saturated carbocycles. The van der Waals surface area contributed by atoms with Crippen molar-refractivity contribution in [2.24, 2.45) is 0 Å². The first-order chi connectivity index (χ1) is 17.5. The summed E-state index contributed by atoms with van der Waals surface area (Å²) >= 11 is 0. The molecule has 0 aromatic heterocycles. The lowest BCUT2D eigenvalue weighted by molar-refractivity contribution is -0.870. The monoisotopic (exact) mass is 548 g/mol. The molecule has 0 aliphatic rings. The van der Waals surface area contributed by atoms with Gasteiger partial charge in [-0.3, -0.25) is 9.36 Å². The lowest BCUT2D eigenvalue weighted by atomic mass is 10.0. The molecule has 0 bridgehead atoms. The Balaban J connectivity index is 4.38. The minimum atomic E-state index is -4.52. The van der Waals surface area contributed by atoms with E-state index in [1.165, 1.54) is 32.1 Å². The van der Waals surface area contributed by atoms with Gasteiger partial charge in [0.25, 0.3) is 7.82 Å². The number of hydrogen-bond acceptors (Lipinski definition) is 6. The molecule has 9 heteroatoms. The number of aliphatic hydroxyl groups excluding tert-OH is 1. The predicted octanol–water partition coefficient (Wildman–Crippen LogP) is 5.49. The van der Waals surface area contributed by atoms with Crippen LogP contribution in [-0.4, -0.2) is 68.5 Å². The van der Waals surface area contributed by atoms with E-state index in [9.17, 15) is 19.4 Å². The fourth-order valence-electron chi connectivity index (χ4n) is 3.79. The van der Waals surface area contributed by atoms with Crippen LogP contribution in [0.2, 0.25) is 0 Å². The van der Waals surface area contributed by atoms with Crippen molar-refractivity contribution in [2.75, 3.05) is 40.9 Å². The number of phosphoric acid groups is 1. The van der Waals surface area contributed by atoms with E-state index < -0.39 is 20.0 Å².